The Kier molecular flexibility index (Phi) is 3.71. The van der Waals surface area contributed by atoms with Gasteiger partial charge in [-0.3, -0.25) is 5.10 Å². The Balaban J connectivity index is 2.01. The molecule has 6 heteroatoms. The van der Waals surface area contributed by atoms with Crippen molar-refractivity contribution >= 4 is 28.7 Å². The first-order valence-electron chi connectivity index (χ1n) is 5.09. The first-order chi connectivity index (χ1) is 7.29. The van der Waals surface area contributed by atoms with E-state index in [0.717, 1.165) is 28.8 Å². The van der Waals surface area contributed by atoms with Crippen LogP contribution in [0.4, 0.5) is 5.13 Å². The van der Waals surface area contributed by atoms with Crippen molar-refractivity contribution in [2.75, 3.05) is 31.7 Å². The van der Waals surface area contributed by atoms with E-state index in [0.29, 0.717) is 5.92 Å². The van der Waals surface area contributed by atoms with E-state index in [2.05, 4.69) is 15.1 Å². The zero-order chi connectivity index (χ0) is 10.7. The molecule has 0 radical (unpaired) electrons. The summed E-state index contributed by atoms with van der Waals surface area (Å²) in [4.78, 5) is 2.30. The standard InChI is InChI=1S/C9H15N3OS2/c1-13-6-7-3-2-4-12(5-7)8-10-11-9(14)15-8/h7H,2-6H2,1H3,(H,11,14). The number of aromatic amines is 1. The van der Waals surface area contributed by atoms with Crippen LogP contribution in [0.5, 0.6) is 0 Å². The molecule has 15 heavy (non-hydrogen) atoms. The van der Waals surface area contributed by atoms with Gasteiger partial charge in [-0.1, -0.05) is 11.3 Å². The summed E-state index contributed by atoms with van der Waals surface area (Å²) in [5, 5.41) is 8.05. The second kappa shape index (κ2) is 5.05. The van der Waals surface area contributed by atoms with Gasteiger partial charge in [0.05, 0.1) is 6.61 Å². The summed E-state index contributed by atoms with van der Waals surface area (Å²) in [6, 6.07) is 0. The van der Waals surface area contributed by atoms with Gasteiger partial charge in [0, 0.05) is 20.2 Å². The molecule has 1 aliphatic rings. The largest absolute Gasteiger partial charge is 0.384 e. The Morgan fingerprint density at radius 1 is 1.73 bits per heavy atom. The lowest BCUT2D eigenvalue weighted by Gasteiger charge is -2.31. The highest BCUT2D eigenvalue weighted by molar-refractivity contribution is 7.73. The summed E-state index contributed by atoms with van der Waals surface area (Å²) in [5.41, 5.74) is 0. The lowest BCUT2D eigenvalue weighted by Crippen LogP contribution is -2.37. The second-order valence-electron chi connectivity index (χ2n) is 3.81. The molecule has 1 aromatic rings. The first kappa shape index (κ1) is 11.0. The minimum atomic E-state index is 0.626. The summed E-state index contributed by atoms with van der Waals surface area (Å²) in [6.07, 6.45) is 2.46. The quantitative estimate of drug-likeness (QED) is 0.828. The number of hydrogen-bond acceptors (Lipinski definition) is 5. The van der Waals surface area contributed by atoms with E-state index in [-0.39, 0.29) is 0 Å². The molecule has 0 saturated carbocycles. The number of nitrogens with one attached hydrogen (secondary N) is 1. The van der Waals surface area contributed by atoms with Crippen molar-refractivity contribution in [1.29, 1.82) is 0 Å². The van der Waals surface area contributed by atoms with Gasteiger partial charge < -0.3 is 9.64 Å². The molecule has 1 saturated heterocycles. The minimum absolute atomic E-state index is 0.626. The number of nitrogens with zero attached hydrogens (tertiary/aromatic N) is 2. The van der Waals surface area contributed by atoms with Gasteiger partial charge >= 0.3 is 0 Å². The van der Waals surface area contributed by atoms with Crippen LogP contribution < -0.4 is 4.90 Å². The van der Waals surface area contributed by atoms with Gasteiger partial charge in [0.1, 0.15) is 0 Å². The van der Waals surface area contributed by atoms with Crippen LogP contribution in [-0.4, -0.2) is 37.0 Å². The van der Waals surface area contributed by atoms with Gasteiger partial charge in [-0.25, -0.2) is 0 Å². The summed E-state index contributed by atoms with van der Waals surface area (Å²) >= 11 is 6.58. The van der Waals surface area contributed by atoms with Crippen molar-refractivity contribution in [1.82, 2.24) is 10.2 Å². The Morgan fingerprint density at radius 3 is 3.27 bits per heavy atom. The Hall–Kier alpha value is -0.460. The van der Waals surface area contributed by atoms with Crippen LogP contribution in [0.3, 0.4) is 0 Å². The van der Waals surface area contributed by atoms with Crippen LogP contribution in [0.2, 0.25) is 0 Å². The van der Waals surface area contributed by atoms with Crippen LogP contribution in [0, 0.1) is 9.87 Å². The van der Waals surface area contributed by atoms with Crippen molar-refractivity contribution in [3.63, 3.8) is 0 Å². The van der Waals surface area contributed by atoms with Gasteiger partial charge in [-0.05, 0) is 31.0 Å². The molecule has 1 unspecified atom stereocenters. The van der Waals surface area contributed by atoms with Crippen molar-refractivity contribution in [2.45, 2.75) is 12.8 Å². The van der Waals surface area contributed by atoms with Crippen LogP contribution in [0.15, 0.2) is 0 Å². The van der Waals surface area contributed by atoms with E-state index in [1.165, 1.54) is 12.8 Å². The van der Waals surface area contributed by atoms with Crippen molar-refractivity contribution < 1.29 is 4.74 Å². The number of hydrogen-bond donors (Lipinski definition) is 1. The molecular weight excluding hydrogens is 230 g/mol. The van der Waals surface area contributed by atoms with Crippen molar-refractivity contribution in [3.8, 4) is 0 Å². The van der Waals surface area contributed by atoms with Crippen molar-refractivity contribution in [3.05, 3.63) is 3.95 Å². The van der Waals surface area contributed by atoms with Crippen molar-refractivity contribution in [2.24, 2.45) is 5.92 Å². The smallest absolute Gasteiger partial charge is 0.206 e. The highest BCUT2D eigenvalue weighted by Gasteiger charge is 2.21. The van der Waals surface area contributed by atoms with Crippen LogP contribution in [0.25, 0.3) is 0 Å². The van der Waals surface area contributed by atoms with E-state index < -0.39 is 0 Å². The fourth-order valence-electron chi connectivity index (χ4n) is 1.97. The molecule has 0 spiro atoms. The average molecular weight is 245 g/mol. The monoisotopic (exact) mass is 245 g/mol. The molecule has 2 heterocycles. The fraction of sp³-hybridized carbons (Fsp3) is 0.778. The zero-order valence-electron chi connectivity index (χ0n) is 8.73. The molecule has 84 valence electrons. The fourth-order valence-corrected chi connectivity index (χ4v) is 2.88. The van der Waals surface area contributed by atoms with Gasteiger partial charge in [0.2, 0.25) is 5.13 Å². The summed E-state index contributed by atoms with van der Waals surface area (Å²) < 4.78 is 5.95. The van der Waals surface area contributed by atoms with Gasteiger partial charge in [-0.15, -0.1) is 5.10 Å². The third-order valence-corrected chi connectivity index (χ3v) is 3.77. The number of methoxy groups -OCH3 is 1. The molecule has 2 rings (SSSR count). The summed E-state index contributed by atoms with van der Waals surface area (Å²) in [6.45, 7) is 2.95. The Labute approximate surface area is 98.3 Å². The van der Waals surface area contributed by atoms with E-state index in [1.54, 1.807) is 18.4 Å². The van der Waals surface area contributed by atoms with Gasteiger partial charge in [0.25, 0.3) is 0 Å². The molecular formula is C9H15N3OS2. The predicted octanol–water partition coefficient (Wildman–Crippen LogP) is 2.06. The van der Waals surface area contributed by atoms with Crippen LogP contribution >= 0.6 is 23.6 Å². The molecule has 1 aliphatic heterocycles. The minimum Gasteiger partial charge on any atom is -0.384 e. The normalized spacial score (nSPS) is 21.9. The zero-order valence-corrected chi connectivity index (χ0v) is 10.4. The molecule has 1 aromatic heterocycles. The van der Waals surface area contributed by atoms with Crippen LogP contribution in [-0.2, 0) is 4.74 Å². The van der Waals surface area contributed by atoms with E-state index in [4.69, 9.17) is 17.0 Å². The number of H-pyrrole nitrogens is 1. The predicted molar refractivity (Wildman–Crippen MR) is 64.1 cm³/mol. The lowest BCUT2D eigenvalue weighted by atomic mass is 9.99. The number of piperidine rings is 1. The third kappa shape index (κ3) is 2.76. The first-order valence-corrected chi connectivity index (χ1v) is 6.31. The lowest BCUT2D eigenvalue weighted by molar-refractivity contribution is 0.143. The summed E-state index contributed by atoms with van der Waals surface area (Å²) in [7, 11) is 1.76. The maximum Gasteiger partial charge on any atom is 0.206 e. The number of ether oxygens (including phenoxy) is 1. The average Bonchev–Trinajstić information content (AvgIpc) is 2.66. The number of aromatic nitrogens is 2. The Morgan fingerprint density at radius 2 is 2.60 bits per heavy atom. The van der Waals surface area contributed by atoms with E-state index in [9.17, 15) is 0 Å². The SMILES string of the molecule is COCC1CCCN(c2n[nH]c(=S)s2)C1. The highest BCUT2D eigenvalue weighted by atomic mass is 32.1. The molecule has 0 aromatic carbocycles. The molecule has 0 aliphatic carbocycles. The Bertz CT molecular complexity index is 360. The van der Waals surface area contributed by atoms with Gasteiger partial charge in [-0.2, -0.15) is 0 Å². The maximum atomic E-state index is 5.20. The maximum absolute atomic E-state index is 5.20. The molecule has 0 bridgehead atoms. The molecule has 1 atom stereocenters. The number of anilines is 1. The molecule has 1 fully saturated rings. The second-order valence-corrected chi connectivity index (χ2v) is 5.45. The molecule has 1 N–H and O–H groups in total. The summed E-state index contributed by atoms with van der Waals surface area (Å²) in [5.74, 6) is 0.626. The van der Waals surface area contributed by atoms with E-state index in [1.807, 2.05) is 0 Å². The van der Waals surface area contributed by atoms with E-state index >= 15 is 0 Å². The number of rotatable bonds is 3. The van der Waals surface area contributed by atoms with Crippen LogP contribution in [0.1, 0.15) is 12.8 Å². The molecule has 4 nitrogen and oxygen atoms in total. The topological polar surface area (TPSA) is 41.1 Å². The molecule has 0 amide bonds. The van der Waals surface area contributed by atoms with Gasteiger partial charge in [0.15, 0.2) is 3.95 Å². The third-order valence-electron chi connectivity index (χ3n) is 2.62. The highest BCUT2D eigenvalue weighted by Crippen LogP contribution is 2.24.